The number of ketones is 1. The Labute approximate surface area is 74.7 Å². The Morgan fingerprint density at radius 3 is 2.58 bits per heavy atom. The van der Waals surface area contributed by atoms with E-state index >= 15 is 0 Å². The molecule has 0 aliphatic carbocycles. The SMILES string of the molecule is CNC(C)C(=O)CCCCCN. The summed E-state index contributed by atoms with van der Waals surface area (Å²) in [5.74, 6) is 0.300. The van der Waals surface area contributed by atoms with E-state index in [0.717, 1.165) is 25.8 Å². The lowest BCUT2D eigenvalue weighted by Crippen LogP contribution is -2.30. The summed E-state index contributed by atoms with van der Waals surface area (Å²) < 4.78 is 0. The Balaban J connectivity index is 3.31. The van der Waals surface area contributed by atoms with Gasteiger partial charge in [-0.25, -0.2) is 0 Å². The molecule has 72 valence electrons. The molecule has 3 nitrogen and oxygen atoms in total. The molecule has 0 saturated carbocycles. The highest BCUT2D eigenvalue weighted by Gasteiger charge is 2.08. The summed E-state index contributed by atoms with van der Waals surface area (Å²) in [4.78, 5) is 11.2. The lowest BCUT2D eigenvalue weighted by atomic mass is 10.1. The Morgan fingerprint density at radius 1 is 1.42 bits per heavy atom. The minimum Gasteiger partial charge on any atom is -0.330 e. The van der Waals surface area contributed by atoms with Gasteiger partial charge in [-0.1, -0.05) is 6.42 Å². The molecule has 3 N–H and O–H groups in total. The van der Waals surface area contributed by atoms with E-state index < -0.39 is 0 Å². The van der Waals surface area contributed by atoms with Gasteiger partial charge in [0, 0.05) is 6.42 Å². The van der Waals surface area contributed by atoms with E-state index in [1.165, 1.54) is 0 Å². The number of carbonyl (C=O) groups is 1. The third kappa shape index (κ3) is 5.27. The van der Waals surface area contributed by atoms with Crippen molar-refractivity contribution < 1.29 is 4.79 Å². The third-order valence-corrected chi connectivity index (χ3v) is 2.04. The summed E-state index contributed by atoms with van der Waals surface area (Å²) in [6.45, 7) is 2.63. The molecule has 0 rings (SSSR count). The highest BCUT2D eigenvalue weighted by atomic mass is 16.1. The van der Waals surface area contributed by atoms with Gasteiger partial charge >= 0.3 is 0 Å². The number of nitrogens with two attached hydrogens (primary N) is 1. The van der Waals surface area contributed by atoms with E-state index in [4.69, 9.17) is 5.73 Å². The maximum atomic E-state index is 11.2. The average Bonchev–Trinajstić information content (AvgIpc) is 2.10. The molecule has 12 heavy (non-hydrogen) atoms. The van der Waals surface area contributed by atoms with Gasteiger partial charge in [0.1, 0.15) is 5.78 Å². The number of carbonyl (C=O) groups excluding carboxylic acids is 1. The van der Waals surface area contributed by atoms with Crippen molar-refractivity contribution in [1.29, 1.82) is 0 Å². The van der Waals surface area contributed by atoms with Crippen LogP contribution in [0.3, 0.4) is 0 Å². The van der Waals surface area contributed by atoms with Crippen LogP contribution in [0.1, 0.15) is 32.6 Å². The average molecular weight is 172 g/mol. The molecule has 0 aromatic carbocycles. The van der Waals surface area contributed by atoms with Crippen LogP contribution < -0.4 is 11.1 Å². The van der Waals surface area contributed by atoms with Gasteiger partial charge < -0.3 is 11.1 Å². The van der Waals surface area contributed by atoms with Crippen LogP contribution in [0.15, 0.2) is 0 Å². The number of hydrogen-bond acceptors (Lipinski definition) is 3. The standard InChI is InChI=1S/C9H20N2O/c1-8(11-2)9(12)6-4-3-5-7-10/h8,11H,3-7,10H2,1-2H3. The van der Waals surface area contributed by atoms with E-state index in [1.807, 2.05) is 14.0 Å². The highest BCUT2D eigenvalue weighted by molar-refractivity contribution is 5.83. The summed E-state index contributed by atoms with van der Waals surface area (Å²) in [6, 6.07) is 0.00266. The van der Waals surface area contributed by atoms with Crippen LogP contribution in [0.2, 0.25) is 0 Å². The lowest BCUT2D eigenvalue weighted by Gasteiger charge is -2.07. The molecule has 0 aromatic heterocycles. The zero-order valence-corrected chi connectivity index (χ0v) is 8.10. The monoisotopic (exact) mass is 172 g/mol. The summed E-state index contributed by atoms with van der Waals surface area (Å²) in [5, 5.41) is 2.93. The molecule has 0 amide bonds. The van der Waals surface area contributed by atoms with Crippen LogP contribution in [-0.4, -0.2) is 25.4 Å². The van der Waals surface area contributed by atoms with Gasteiger partial charge in [0.15, 0.2) is 0 Å². The van der Waals surface area contributed by atoms with Gasteiger partial charge in [0.25, 0.3) is 0 Å². The van der Waals surface area contributed by atoms with Crippen LogP contribution in [-0.2, 0) is 4.79 Å². The maximum Gasteiger partial charge on any atom is 0.149 e. The van der Waals surface area contributed by atoms with E-state index in [1.54, 1.807) is 0 Å². The highest BCUT2D eigenvalue weighted by Crippen LogP contribution is 2.01. The predicted octanol–water partition coefficient (Wildman–Crippen LogP) is 0.682. The van der Waals surface area contributed by atoms with Gasteiger partial charge in [-0.15, -0.1) is 0 Å². The molecule has 0 spiro atoms. The molecule has 1 atom stereocenters. The first kappa shape index (κ1) is 11.6. The van der Waals surface area contributed by atoms with E-state index in [0.29, 0.717) is 12.2 Å². The molecule has 0 aromatic rings. The second-order valence-corrected chi connectivity index (χ2v) is 3.08. The number of likely N-dealkylation sites (N-methyl/N-ethyl adjacent to an activating group) is 1. The van der Waals surface area contributed by atoms with Crippen LogP contribution in [0.5, 0.6) is 0 Å². The van der Waals surface area contributed by atoms with Gasteiger partial charge in [0.05, 0.1) is 6.04 Å². The quantitative estimate of drug-likeness (QED) is 0.555. The zero-order chi connectivity index (χ0) is 9.40. The van der Waals surface area contributed by atoms with Crippen LogP contribution in [0.4, 0.5) is 0 Å². The van der Waals surface area contributed by atoms with Crippen molar-refractivity contribution in [3.8, 4) is 0 Å². The minimum atomic E-state index is 0.00266. The molecule has 3 heteroatoms. The van der Waals surface area contributed by atoms with Gasteiger partial charge in [-0.2, -0.15) is 0 Å². The van der Waals surface area contributed by atoms with Crippen LogP contribution >= 0.6 is 0 Å². The normalized spacial score (nSPS) is 12.9. The maximum absolute atomic E-state index is 11.2. The molecular weight excluding hydrogens is 152 g/mol. The fourth-order valence-electron chi connectivity index (χ4n) is 0.998. The van der Waals surface area contributed by atoms with Gasteiger partial charge in [0.2, 0.25) is 0 Å². The van der Waals surface area contributed by atoms with E-state index in [2.05, 4.69) is 5.32 Å². The fraction of sp³-hybridized carbons (Fsp3) is 0.889. The molecule has 0 fully saturated rings. The number of unbranched alkanes of at least 4 members (excludes halogenated alkanes) is 2. The molecule has 0 heterocycles. The molecule has 0 bridgehead atoms. The zero-order valence-electron chi connectivity index (χ0n) is 8.10. The molecule has 0 saturated heterocycles. The number of Topliss-reactive ketones (excluding diaryl/α,β-unsaturated/α-hetero) is 1. The second-order valence-electron chi connectivity index (χ2n) is 3.08. The molecule has 0 aliphatic rings. The number of hydrogen-bond donors (Lipinski definition) is 2. The Morgan fingerprint density at radius 2 is 2.08 bits per heavy atom. The molecular formula is C9H20N2O. The van der Waals surface area contributed by atoms with Crippen molar-refractivity contribution in [3.05, 3.63) is 0 Å². The Kier molecular flexibility index (Phi) is 7.00. The second kappa shape index (κ2) is 7.25. The van der Waals surface area contributed by atoms with Gasteiger partial charge in [-0.3, -0.25) is 4.79 Å². The first-order valence-corrected chi connectivity index (χ1v) is 4.62. The topological polar surface area (TPSA) is 55.1 Å². The number of nitrogens with one attached hydrogen (secondary N) is 1. The third-order valence-electron chi connectivity index (χ3n) is 2.04. The summed E-state index contributed by atoms with van der Waals surface area (Å²) in [7, 11) is 1.81. The van der Waals surface area contributed by atoms with Crippen molar-refractivity contribution >= 4 is 5.78 Å². The summed E-state index contributed by atoms with van der Waals surface area (Å²) >= 11 is 0. The van der Waals surface area contributed by atoms with Crippen molar-refractivity contribution in [2.24, 2.45) is 5.73 Å². The van der Waals surface area contributed by atoms with Crippen molar-refractivity contribution in [2.45, 2.75) is 38.6 Å². The fourth-order valence-corrected chi connectivity index (χ4v) is 0.998. The number of rotatable bonds is 7. The lowest BCUT2D eigenvalue weighted by molar-refractivity contribution is -0.120. The van der Waals surface area contributed by atoms with Crippen LogP contribution in [0.25, 0.3) is 0 Å². The van der Waals surface area contributed by atoms with Crippen molar-refractivity contribution in [1.82, 2.24) is 5.32 Å². The van der Waals surface area contributed by atoms with Crippen molar-refractivity contribution in [3.63, 3.8) is 0 Å². The summed E-state index contributed by atoms with van der Waals surface area (Å²) in [6.07, 6.45) is 3.75. The predicted molar refractivity (Wildman–Crippen MR) is 51.1 cm³/mol. The van der Waals surface area contributed by atoms with E-state index in [-0.39, 0.29) is 6.04 Å². The Bertz CT molecular complexity index is 126. The van der Waals surface area contributed by atoms with Crippen molar-refractivity contribution in [2.75, 3.05) is 13.6 Å². The Hall–Kier alpha value is -0.410. The molecule has 1 unspecified atom stereocenters. The van der Waals surface area contributed by atoms with E-state index in [9.17, 15) is 4.79 Å². The first-order chi connectivity index (χ1) is 5.72. The van der Waals surface area contributed by atoms with Crippen LogP contribution in [0, 0.1) is 0 Å². The van der Waals surface area contributed by atoms with Gasteiger partial charge in [-0.05, 0) is 33.4 Å². The molecule has 0 radical (unpaired) electrons. The smallest absolute Gasteiger partial charge is 0.149 e. The minimum absolute atomic E-state index is 0.00266. The molecule has 0 aliphatic heterocycles. The first-order valence-electron chi connectivity index (χ1n) is 4.62. The largest absolute Gasteiger partial charge is 0.330 e. The summed E-state index contributed by atoms with van der Waals surface area (Å²) in [5.41, 5.74) is 5.33.